The normalized spacial score (nSPS) is 13.7. The smallest absolute Gasteiger partial charge is 0.298 e. The Bertz CT molecular complexity index is 907. The van der Waals surface area contributed by atoms with Gasteiger partial charge in [-0.05, 0) is 36.4 Å². The summed E-state index contributed by atoms with van der Waals surface area (Å²) in [4.78, 5) is 27.8. The summed E-state index contributed by atoms with van der Waals surface area (Å²) in [6.45, 7) is 1.43. The number of piperazine rings is 1. The van der Waals surface area contributed by atoms with Gasteiger partial charge in [-0.3, -0.25) is 9.59 Å². The molecule has 1 aliphatic heterocycles. The largest absolute Gasteiger partial charge is 0.335 e. The van der Waals surface area contributed by atoms with E-state index < -0.39 is 17.5 Å². The molecule has 2 aromatic rings. The molecule has 4 nitrogen and oxygen atoms in total. The van der Waals surface area contributed by atoms with Gasteiger partial charge >= 0.3 is 0 Å². The Kier molecular flexibility index (Phi) is 5.72. The van der Waals surface area contributed by atoms with Crippen molar-refractivity contribution in [3.05, 3.63) is 70.2 Å². The molecule has 0 atom stereocenters. The van der Waals surface area contributed by atoms with Gasteiger partial charge in [-0.2, -0.15) is 0 Å². The highest BCUT2D eigenvalue weighted by Crippen LogP contribution is 2.13. The molecule has 138 valence electrons. The van der Waals surface area contributed by atoms with Crippen LogP contribution in [0.2, 0.25) is 5.02 Å². The average Bonchev–Trinajstić information content (AvgIpc) is 2.65. The number of rotatable bonds is 1. The Balaban J connectivity index is 1.59. The van der Waals surface area contributed by atoms with Crippen LogP contribution in [0.1, 0.15) is 15.9 Å². The minimum atomic E-state index is -0.749. The van der Waals surface area contributed by atoms with Gasteiger partial charge in [0.25, 0.3) is 11.8 Å². The molecule has 0 N–H and O–H groups in total. The molecule has 7 heteroatoms. The molecule has 0 bridgehead atoms. The van der Waals surface area contributed by atoms with Crippen molar-refractivity contribution in [3.8, 4) is 11.8 Å². The van der Waals surface area contributed by atoms with Crippen LogP contribution in [0.25, 0.3) is 0 Å². The molecule has 2 aromatic carbocycles. The third-order valence-electron chi connectivity index (χ3n) is 4.12. The third kappa shape index (κ3) is 4.83. The van der Waals surface area contributed by atoms with Crippen LogP contribution in [0.4, 0.5) is 8.78 Å². The van der Waals surface area contributed by atoms with Gasteiger partial charge in [0.1, 0.15) is 11.6 Å². The molecule has 0 spiro atoms. The first-order valence-electron chi connectivity index (χ1n) is 8.24. The highest BCUT2D eigenvalue weighted by atomic mass is 35.5. The number of benzene rings is 2. The van der Waals surface area contributed by atoms with Gasteiger partial charge in [-0.15, -0.1) is 0 Å². The van der Waals surface area contributed by atoms with Crippen LogP contribution in [-0.4, -0.2) is 47.8 Å². The van der Waals surface area contributed by atoms with Crippen molar-refractivity contribution in [2.45, 2.75) is 0 Å². The number of nitrogens with zero attached hydrogens (tertiary/aromatic N) is 2. The van der Waals surface area contributed by atoms with Crippen molar-refractivity contribution in [2.24, 2.45) is 0 Å². The first-order chi connectivity index (χ1) is 12.9. The standard InChI is InChI=1S/C20H15ClF2N2O2/c21-16-4-2-15(3-5-16)20(27)25-9-7-24(8-10-25)19(26)6-1-14-11-17(22)13-18(23)12-14/h2-5,11-13H,7-10H2. The van der Waals surface area contributed by atoms with Crippen molar-refractivity contribution in [1.29, 1.82) is 0 Å². The zero-order valence-corrected chi connectivity index (χ0v) is 15.0. The summed E-state index contributed by atoms with van der Waals surface area (Å²) >= 11 is 5.82. The molecule has 1 fully saturated rings. The summed E-state index contributed by atoms with van der Waals surface area (Å²) in [7, 11) is 0. The Morgan fingerprint density at radius 1 is 0.889 bits per heavy atom. The summed E-state index contributed by atoms with van der Waals surface area (Å²) in [6, 6.07) is 9.48. The fourth-order valence-electron chi connectivity index (χ4n) is 2.72. The van der Waals surface area contributed by atoms with Crippen LogP contribution >= 0.6 is 11.6 Å². The van der Waals surface area contributed by atoms with Gasteiger partial charge in [0.2, 0.25) is 0 Å². The van der Waals surface area contributed by atoms with Crippen molar-refractivity contribution < 1.29 is 18.4 Å². The minimum absolute atomic E-state index is 0.0948. The van der Waals surface area contributed by atoms with E-state index in [9.17, 15) is 18.4 Å². The number of carbonyl (C=O) groups is 2. The average molecular weight is 389 g/mol. The number of hydrogen-bond acceptors (Lipinski definition) is 2. The molecule has 0 radical (unpaired) electrons. The lowest BCUT2D eigenvalue weighted by atomic mass is 10.2. The number of carbonyl (C=O) groups excluding carboxylic acids is 2. The first-order valence-corrected chi connectivity index (χ1v) is 8.62. The van der Waals surface area contributed by atoms with Crippen molar-refractivity contribution >= 4 is 23.4 Å². The lowest BCUT2D eigenvalue weighted by molar-refractivity contribution is -0.126. The van der Waals surface area contributed by atoms with Crippen LogP contribution in [0.3, 0.4) is 0 Å². The van der Waals surface area contributed by atoms with Gasteiger partial charge in [0.15, 0.2) is 0 Å². The predicted molar refractivity (Wildman–Crippen MR) is 97.2 cm³/mol. The Hall–Kier alpha value is -2.91. The predicted octanol–water partition coefficient (Wildman–Crippen LogP) is 2.95. The van der Waals surface area contributed by atoms with Crippen LogP contribution < -0.4 is 0 Å². The van der Waals surface area contributed by atoms with E-state index >= 15 is 0 Å². The zero-order valence-electron chi connectivity index (χ0n) is 14.2. The third-order valence-corrected chi connectivity index (χ3v) is 4.37. The second-order valence-electron chi connectivity index (χ2n) is 6.00. The van der Waals surface area contributed by atoms with Crippen molar-refractivity contribution in [3.63, 3.8) is 0 Å². The second kappa shape index (κ2) is 8.19. The van der Waals surface area contributed by atoms with Crippen LogP contribution in [0, 0.1) is 23.5 Å². The topological polar surface area (TPSA) is 40.6 Å². The molecule has 0 saturated carbocycles. The summed E-state index contributed by atoms with van der Waals surface area (Å²) in [5.41, 5.74) is 0.629. The van der Waals surface area contributed by atoms with Gasteiger partial charge in [0, 0.05) is 54.3 Å². The quantitative estimate of drug-likeness (QED) is 0.705. The molecule has 3 rings (SSSR count). The van der Waals surface area contributed by atoms with Gasteiger partial charge in [-0.25, -0.2) is 8.78 Å². The van der Waals surface area contributed by atoms with Crippen molar-refractivity contribution in [1.82, 2.24) is 9.80 Å². The molecular weight excluding hydrogens is 374 g/mol. The maximum atomic E-state index is 13.1. The monoisotopic (exact) mass is 388 g/mol. The lowest BCUT2D eigenvalue weighted by Crippen LogP contribution is -2.50. The Morgan fingerprint density at radius 2 is 1.44 bits per heavy atom. The molecule has 0 aromatic heterocycles. The first kappa shape index (κ1) is 18.9. The van der Waals surface area contributed by atoms with Gasteiger partial charge in [0.05, 0.1) is 0 Å². The molecule has 1 aliphatic rings. The summed E-state index contributed by atoms with van der Waals surface area (Å²) in [6.07, 6.45) is 0. The SMILES string of the molecule is O=C(C#Cc1cc(F)cc(F)c1)N1CCN(C(=O)c2ccc(Cl)cc2)CC1. The van der Waals surface area contributed by atoms with Crippen molar-refractivity contribution in [2.75, 3.05) is 26.2 Å². The summed E-state index contributed by atoms with van der Waals surface area (Å²) in [5, 5.41) is 0.554. The van der Waals surface area contributed by atoms with Gasteiger partial charge < -0.3 is 9.80 Å². The van der Waals surface area contributed by atoms with E-state index in [4.69, 9.17) is 11.6 Å². The highest BCUT2D eigenvalue weighted by molar-refractivity contribution is 6.30. The molecule has 1 saturated heterocycles. The molecular formula is C20H15ClF2N2O2. The van der Waals surface area contributed by atoms with E-state index in [1.165, 1.54) is 4.90 Å². The molecule has 1 heterocycles. The van der Waals surface area contributed by atoms with Gasteiger partial charge in [-0.1, -0.05) is 17.5 Å². The van der Waals surface area contributed by atoms with E-state index in [1.807, 2.05) is 0 Å². The summed E-state index contributed by atoms with van der Waals surface area (Å²) in [5.74, 6) is 2.80. The molecule has 2 amide bonds. The molecule has 27 heavy (non-hydrogen) atoms. The van der Waals surface area contributed by atoms with E-state index in [0.717, 1.165) is 18.2 Å². The maximum Gasteiger partial charge on any atom is 0.298 e. The highest BCUT2D eigenvalue weighted by Gasteiger charge is 2.24. The Morgan fingerprint density at radius 3 is 2.04 bits per heavy atom. The minimum Gasteiger partial charge on any atom is -0.335 e. The lowest BCUT2D eigenvalue weighted by Gasteiger charge is -2.33. The Labute approximate surface area is 160 Å². The second-order valence-corrected chi connectivity index (χ2v) is 6.44. The van der Waals surface area contributed by atoms with E-state index in [0.29, 0.717) is 36.8 Å². The number of amides is 2. The number of halogens is 3. The van der Waals surface area contributed by atoms with Crippen LogP contribution in [0.15, 0.2) is 42.5 Å². The summed E-state index contributed by atoms with van der Waals surface area (Å²) < 4.78 is 26.3. The molecule has 0 aliphatic carbocycles. The maximum absolute atomic E-state index is 13.1. The van der Waals surface area contributed by atoms with Crippen LogP contribution in [0.5, 0.6) is 0 Å². The van der Waals surface area contributed by atoms with Crippen LogP contribution in [-0.2, 0) is 4.79 Å². The number of hydrogen-bond donors (Lipinski definition) is 0. The molecule has 0 unspecified atom stereocenters. The van der Waals surface area contributed by atoms with E-state index in [-0.39, 0.29) is 11.5 Å². The van der Waals surface area contributed by atoms with E-state index in [2.05, 4.69) is 11.8 Å². The zero-order chi connectivity index (χ0) is 19.4. The van der Waals surface area contributed by atoms with E-state index in [1.54, 1.807) is 29.2 Å². The fraction of sp³-hybridized carbons (Fsp3) is 0.200. The fourth-order valence-corrected chi connectivity index (χ4v) is 2.84.